The van der Waals surface area contributed by atoms with Gasteiger partial charge < -0.3 is 5.73 Å². The van der Waals surface area contributed by atoms with Crippen molar-refractivity contribution in [3.63, 3.8) is 0 Å². The molecule has 0 aromatic carbocycles. The Labute approximate surface area is 104 Å². The normalized spacial score (nSPS) is 18.0. The maximum absolute atomic E-state index is 6.10. The fourth-order valence-corrected chi connectivity index (χ4v) is 3.82. The van der Waals surface area contributed by atoms with E-state index in [1.54, 1.807) is 22.7 Å². The lowest BCUT2D eigenvalue weighted by Gasteiger charge is -2.01. The summed E-state index contributed by atoms with van der Waals surface area (Å²) in [5.41, 5.74) is 7.06. The molecular weight excluding hydrogens is 292 g/mol. The van der Waals surface area contributed by atoms with E-state index >= 15 is 0 Å². The first-order valence-electron chi connectivity index (χ1n) is 4.68. The molecule has 2 aromatic heterocycles. The zero-order valence-electron chi connectivity index (χ0n) is 7.87. The molecule has 0 unspecified atom stereocenters. The van der Waals surface area contributed by atoms with E-state index in [9.17, 15) is 0 Å². The fraction of sp³-hybridized carbons (Fsp3) is 0.300. The highest BCUT2D eigenvalue weighted by Crippen LogP contribution is 2.44. The lowest BCUT2D eigenvalue weighted by molar-refractivity contribution is 0.715. The summed E-state index contributed by atoms with van der Waals surface area (Å²) >= 11 is 6.85. The van der Waals surface area contributed by atoms with Crippen LogP contribution in [0.15, 0.2) is 21.3 Å². The first kappa shape index (κ1) is 9.96. The third-order valence-electron chi connectivity index (χ3n) is 2.59. The summed E-state index contributed by atoms with van der Waals surface area (Å²) in [6.45, 7) is 0. The highest BCUT2D eigenvalue weighted by molar-refractivity contribution is 9.11. The summed E-state index contributed by atoms with van der Waals surface area (Å²) in [5.74, 6) is 0. The Morgan fingerprint density at radius 3 is 2.80 bits per heavy atom. The Morgan fingerprint density at radius 2 is 2.20 bits per heavy atom. The Morgan fingerprint density at radius 1 is 1.40 bits per heavy atom. The quantitative estimate of drug-likeness (QED) is 0.921. The van der Waals surface area contributed by atoms with Crippen molar-refractivity contribution < 1.29 is 0 Å². The summed E-state index contributed by atoms with van der Waals surface area (Å²) in [7, 11) is 0. The summed E-state index contributed by atoms with van der Waals surface area (Å²) < 4.78 is 1.14. The van der Waals surface area contributed by atoms with E-state index in [4.69, 9.17) is 5.73 Å². The second-order valence-electron chi connectivity index (χ2n) is 3.80. The van der Waals surface area contributed by atoms with Gasteiger partial charge in [0.1, 0.15) is 5.01 Å². The minimum Gasteiger partial charge on any atom is -0.320 e. The average molecular weight is 301 g/mol. The maximum atomic E-state index is 6.10. The van der Waals surface area contributed by atoms with E-state index in [1.165, 1.54) is 4.88 Å². The molecule has 1 aliphatic carbocycles. The van der Waals surface area contributed by atoms with Crippen molar-refractivity contribution in [2.75, 3.05) is 0 Å². The van der Waals surface area contributed by atoms with Crippen molar-refractivity contribution in [2.24, 2.45) is 5.73 Å². The molecule has 78 valence electrons. The molecule has 2 N–H and O–H groups in total. The predicted molar refractivity (Wildman–Crippen MR) is 68.2 cm³/mol. The van der Waals surface area contributed by atoms with Crippen LogP contribution in [-0.4, -0.2) is 4.98 Å². The molecule has 0 radical (unpaired) electrons. The van der Waals surface area contributed by atoms with Crippen LogP contribution in [-0.2, 0) is 5.54 Å². The van der Waals surface area contributed by atoms with Crippen LogP contribution in [0.25, 0.3) is 9.88 Å². The third kappa shape index (κ3) is 1.78. The lowest BCUT2D eigenvalue weighted by Crippen LogP contribution is -2.18. The highest BCUT2D eigenvalue weighted by atomic mass is 79.9. The van der Waals surface area contributed by atoms with Crippen LogP contribution in [0, 0.1) is 0 Å². The second-order valence-corrected chi connectivity index (χ2v) is 7.12. The summed E-state index contributed by atoms with van der Waals surface area (Å²) in [4.78, 5) is 5.82. The predicted octanol–water partition coefficient (Wildman–Crippen LogP) is 3.58. The van der Waals surface area contributed by atoms with Crippen LogP contribution >= 0.6 is 38.6 Å². The number of hydrogen-bond acceptors (Lipinski definition) is 4. The van der Waals surface area contributed by atoms with Crippen LogP contribution in [0.3, 0.4) is 0 Å². The van der Waals surface area contributed by atoms with Gasteiger partial charge in [-0.05, 0) is 40.9 Å². The standard InChI is InChI=1S/C10H9BrN2S2/c11-8-2-1-6(15-8)9-13-7(5-14-9)10(12)3-4-10/h1-2,5H,3-4,12H2. The molecule has 2 aromatic rings. The number of rotatable bonds is 2. The number of halogens is 1. The van der Waals surface area contributed by atoms with Crippen molar-refractivity contribution in [1.29, 1.82) is 0 Å². The molecule has 0 bridgehead atoms. The lowest BCUT2D eigenvalue weighted by atomic mass is 10.2. The Bertz CT molecular complexity index is 499. The van der Waals surface area contributed by atoms with Gasteiger partial charge in [-0.3, -0.25) is 0 Å². The SMILES string of the molecule is NC1(c2csc(-c3ccc(Br)s3)n2)CC1. The van der Waals surface area contributed by atoms with Crippen LogP contribution in [0.1, 0.15) is 18.5 Å². The molecule has 1 fully saturated rings. The molecular formula is C10H9BrN2S2. The van der Waals surface area contributed by atoms with E-state index in [-0.39, 0.29) is 5.54 Å². The van der Waals surface area contributed by atoms with Gasteiger partial charge in [0, 0.05) is 5.38 Å². The van der Waals surface area contributed by atoms with Crippen molar-refractivity contribution in [3.8, 4) is 9.88 Å². The Hall–Kier alpha value is -0.230. The summed E-state index contributed by atoms with van der Waals surface area (Å²) in [5, 5.41) is 3.17. The van der Waals surface area contributed by atoms with Gasteiger partial charge in [-0.15, -0.1) is 22.7 Å². The summed E-state index contributed by atoms with van der Waals surface area (Å²) in [6.07, 6.45) is 2.15. The molecule has 2 nitrogen and oxygen atoms in total. The third-order valence-corrected chi connectivity index (χ3v) is 5.22. The summed E-state index contributed by atoms with van der Waals surface area (Å²) in [6, 6.07) is 4.14. The highest BCUT2D eigenvalue weighted by Gasteiger charge is 2.42. The van der Waals surface area contributed by atoms with E-state index in [0.717, 1.165) is 27.3 Å². The van der Waals surface area contributed by atoms with Gasteiger partial charge in [-0.25, -0.2) is 4.98 Å². The van der Waals surface area contributed by atoms with Crippen LogP contribution in [0.2, 0.25) is 0 Å². The number of thiophene rings is 1. The molecule has 15 heavy (non-hydrogen) atoms. The maximum Gasteiger partial charge on any atom is 0.133 e. The molecule has 5 heteroatoms. The van der Waals surface area contributed by atoms with Crippen molar-refractivity contribution in [3.05, 3.63) is 27.0 Å². The minimum absolute atomic E-state index is 0.108. The van der Waals surface area contributed by atoms with Crippen LogP contribution in [0.4, 0.5) is 0 Å². The van der Waals surface area contributed by atoms with E-state index in [2.05, 4.69) is 38.4 Å². The van der Waals surface area contributed by atoms with Gasteiger partial charge >= 0.3 is 0 Å². The van der Waals surface area contributed by atoms with Gasteiger partial charge in [0.25, 0.3) is 0 Å². The van der Waals surface area contributed by atoms with Crippen molar-refractivity contribution in [1.82, 2.24) is 4.98 Å². The van der Waals surface area contributed by atoms with Gasteiger partial charge in [0.05, 0.1) is 19.9 Å². The number of aromatic nitrogens is 1. The molecule has 3 rings (SSSR count). The first-order chi connectivity index (χ1) is 7.17. The van der Waals surface area contributed by atoms with Crippen LogP contribution in [0.5, 0.6) is 0 Å². The largest absolute Gasteiger partial charge is 0.320 e. The monoisotopic (exact) mass is 300 g/mol. The molecule has 0 spiro atoms. The van der Waals surface area contributed by atoms with Crippen molar-refractivity contribution >= 4 is 38.6 Å². The molecule has 0 atom stereocenters. The number of nitrogens with two attached hydrogens (primary N) is 1. The molecule has 1 saturated carbocycles. The van der Waals surface area contributed by atoms with Gasteiger partial charge in [0.2, 0.25) is 0 Å². The number of nitrogens with zero attached hydrogens (tertiary/aromatic N) is 1. The zero-order chi connectivity index (χ0) is 10.5. The molecule has 0 aliphatic heterocycles. The van der Waals surface area contributed by atoms with E-state index < -0.39 is 0 Å². The van der Waals surface area contributed by atoms with E-state index in [0.29, 0.717) is 0 Å². The number of hydrogen-bond donors (Lipinski definition) is 1. The number of thiazole rings is 1. The molecule has 0 amide bonds. The molecule has 1 aliphatic rings. The van der Waals surface area contributed by atoms with Gasteiger partial charge in [-0.2, -0.15) is 0 Å². The van der Waals surface area contributed by atoms with Crippen LogP contribution < -0.4 is 5.73 Å². The molecule has 0 saturated heterocycles. The smallest absolute Gasteiger partial charge is 0.133 e. The van der Waals surface area contributed by atoms with Gasteiger partial charge in [0.15, 0.2) is 0 Å². The fourth-order valence-electron chi connectivity index (χ4n) is 1.44. The van der Waals surface area contributed by atoms with E-state index in [1.807, 2.05) is 0 Å². The topological polar surface area (TPSA) is 38.9 Å². The first-order valence-corrected chi connectivity index (χ1v) is 7.17. The Balaban J connectivity index is 1.97. The Kier molecular flexibility index (Phi) is 2.24. The van der Waals surface area contributed by atoms with Gasteiger partial charge in [-0.1, -0.05) is 0 Å². The molecule has 2 heterocycles. The zero-order valence-corrected chi connectivity index (χ0v) is 11.1. The van der Waals surface area contributed by atoms with Crippen molar-refractivity contribution in [2.45, 2.75) is 18.4 Å². The second kappa shape index (κ2) is 3.38. The minimum atomic E-state index is -0.108. The average Bonchev–Trinajstić information content (AvgIpc) is 2.72.